The van der Waals surface area contributed by atoms with E-state index in [1.54, 1.807) is 13.1 Å². The van der Waals surface area contributed by atoms with Crippen molar-refractivity contribution in [1.29, 1.82) is 0 Å². The lowest BCUT2D eigenvalue weighted by molar-refractivity contribution is -0.124. The molecule has 1 fully saturated rings. The summed E-state index contributed by atoms with van der Waals surface area (Å²) in [5, 5.41) is 2.68. The van der Waals surface area contributed by atoms with Crippen LogP contribution in [-0.4, -0.2) is 26.0 Å². The monoisotopic (exact) mass is 265 g/mol. The molecule has 0 aromatic heterocycles. The van der Waals surface area contributed by atoms with Crippen molar-refractivity contribution in [2.45, 2.75) is 19.4 Å². The highest BCUT2D eigenvalue weighted by Crippen LogP contribution is 2.27. The molecule has 2 rings (SSSR count). The first-order valence-corrected chi connectivity index (χ1v) is 6.61. The van der Waals surface area contributed by atoms with Gasteiger partial charge < -0.3 is 16.0 Å². The van der Waals surface area contributed by atoms with Crippen molar-refractivity contribution >= 4 is 11.6 Å². The van der Waals surface area contributed by atoms with Crippen LogP contribution in [0.1, 0.15) is 18.4 Å². The average Bonchev–Trinajstić information content (AvgIpc) is 2.46. The number of carbonyl (C=O) groups is 1. The third kappa shape index (κ3) is 2.87. The summed E-state index contributed by atoms with van der Waals surface area (Å²) < 4.78 is 13.7. The summed E-state index contributed by atoms with van der Waals surface area (Å²) in [6.45, 7) is 1.63. The van der Waals surface area contributed by atoms with Gasteiger partial charge in [-0.15, -0.1) is 0 Å². The average molecular weight is 265 g/mol. The number of benzene rings is 1. The maximum atomic E-state index is 13.7. The molecule has 104 valence electrons. The Morgan fingerprint density at radius 2 is 2.37 bits per heavy atom. The second-order valence-electron chi connectivity index (χ2n) is 4.84. The van der Waals surface area contributed by atoms with E-state index in [0.717, 1.165) is 25.1 Å². The Labute approximate surface area is 112 Å². The summed E-state index contributed by atoms with van der Waals surface area (Å²) in [6, 6.07) is 4.98. The van der Waals surface area contributed by atoms with Crippen LogP contribution in [-0.2, 0) is 11.3 Å². The minimum absolute atomic E-state index is 0.0346. The fourth-order valence-corrected chi connectivity index (χ4v) is 2.66. The van der Waals surface area contributed by atoms with E-state index in [4.69, 9.17) is 5.73 Å². The molecule has 0 radical (unpaired) electrons. The van der Waals surface area contributed by atoms with E-state index in [-0.39, 0.29) is 24.2 Å². The number of hydrogen-bond donors (Lipinski definition) is 2. The van der Waals surface area contributed by atoms with Crippen molar-refractivity contribution in [3.05, 3.63) is 29.6 Å². The molecule has 1 aromatic rings. The van der Waals surface area contributed by atoms with Crippen LogP contribution in [0, 0.1) is 11.7 Å². The Balaban J connectivity index is 2.22. The van der Waals surface area contributed by atoms with E-state index in [1.165, 1.54) is 6.07 Å². The lowest BCUT2D eigenvalue weighted by atomic mass is 9.96. The molecule has 1 atom stereocenters. The van der Waals surface area contributed by atoms with Gasteiger partial charge in [-0.25, -0.2) is 4.39 Å². The van der Waals surface area contributed by atoms with Crippen molar-refractivity contribution in [2.24, 2.45) is 11.7 Å². The maximum absolute atomic E-state index is 13.7. The van der Waals surface area contributed by atoms with Crippen molar-refractivity contribution < 1.29 is 9.18 Å². The third-order valence-corrected chi connectivity index (χ3v) is 3.68. The molecule has 1 aromatic carbocycles. The Kier molecular flexibility index (Phi) is 4.37. The maximum Gasteiger partial charge on any atom is 0.224 e. The molecule has 1 saturated heterocycles. The minimum atomic E-state index is -0.276. The minimum Gasteiger partial charge on any atom is -0.370 e. The first kappa shape index (κ1) is 13.8. The molecule has 1 aliphatic heterocycles. The number of piperidine rings is 1. The molecule has 3 N–H and O–H groups in total. The van der Waals surface area contributed by atoms with Gasteiger partial charge in [0.15, 0.2) is 0 Å². The van der Waals surface area contributed by atoms with Crippen LogP contribution < -0.4 is 16.0 Å². The molecule has 1 unspecified atom stereocenters. The second-order valence-corrected chi connectivity index (χ2v) is 4.84. The highest BCUT2D eigenvalue weighted by atomic mass is 19.1. The van der Waals surface area contributed by atoms with Crippen LogP contribution >= 0.6 is 0 Å². The van der Waals surface area contributed by atoms with Gasteiger partial charge in [-0.3, -0.25) is 4.79 Å². The molecule has 5 heteroatoms. The number of nitrogens with two attached hydrogens (primary N) is 1. The summed E-state index contributed by atoms with van der Waals surface area (Å²) in [6.07, 6.45) is 1.81. The first-order valence-electron chi connectivity index (χ1n) is 6.61. The van der Waals surface area contributed by atoms with Gasteiger partial charge in [0.1, 0.15) is 5.82 Å². The third-order valence-electron chi connectivity index (χ3n) is 3.68. The zero-order valence-corrected chi connectivity index (χ0v) is 11.2. The van der Waals surface area contributed by atoms with Crippen molar-refractivity contribution in [3.8, 4) is 0 Å². The van der Waals surface area contributed by atoms with Crippen LogP contribution in [0.4, 0.5) is 10.1 Å². The largest absolute Gasteiger partial charge is 0.370 e. The predicted octanol–water partition coefficient (Wildman–Crippen LogP) is 1.25. The predicted molar refractivity (Wildman–Crippen MR) is 73.3 cm³/mol. The zero-order chi connectivity index (χ0) is 13.8. The van der Waals surface area contributed by atoms with Crippen LogP contribution in [0.5, 0.6) is 0 Å². The molecule has 19 heavy (non-hydrogen) atoms. The van der Waals surface area contributed by atoms with Gasteiger partial charge in [-0.05, 0) is 25.0 Å². The molecule has 1 heterocycles. The van der Waals surface area contributed by atoms with Gasteiger partial charge in [0.25, 0.3) is 0 Å². The van der Waals surface area contributed by atoms with Crippen molar-refractivity contribution in [3.63, 3.8) is 0 Å². The molecule has 1 amide bonds. The number of hydrogen-bond acceptors (Lipinski definition) is 3. The van der Waals surface area contributed by atoms with Crippen LogP contribution in [0.25, 0.3) is 0 Å². The van der Waals surface area contributed by atoms with E-state index >= 15 is 0 Å². The molecule has 0 bridgehead atoms. The van der Waals surface area contributed by atoms with E-state index in [1.807, 2.05) is 6.07 Å². The van der Waals surface area contributed by atoms with E-state index < -0.39 is 0 Å². The van der Waals surface area contributed by atoms with Crippen LogP contribution in [0.15, 0.2) is 18.2 Å². The molecule has 0 aliphatic carbocycles. The molecule has 4 nitrogen and oxygen atoms in total. The number of nitrogens with one attached hydrogen (secondary N) is 1. The number of anilines is 1. The lowest BCUT2D eigenvalue weighted by Crippen LogP contribution is -2.42. The number of carbonyl (C=O) groups excluding carboxylic acids is 1. The summed E-state index contributed by atoms with van der Waals surface area (Å²) in [4.78, 5) is 13.8. The summed E-state index contributed by atoms with van der Waals surface area (Å²) >= 11 is 0. The molecule has 1 aliphatic rings. The molecule has 0 saturated carbocycles. The van der Waals surface area contributed by atoms with Gasteiger partial charge in [0.2, 0.25) is 5.91 Å². The molecule has 0 spiro atoms. The van der Waals surface area contributed by atoms with Crippen molar-refractivity contribution in [1.82, 2.24) is 5.32 Å². The van der Waals surface area contributed by atoms with Crippen LogP contribution in [0.2, 0.25) is 0 Å². The van der Waals surface area contributed by atoms with E-state index in [0.29, 0.717) is 12.1 Å². The summed E-state index contributed by atoms with van der Waals surface area (Å²) in [5.74, 6) is -0.259. The fourth-order valence-electron chi connectivity index (χ4n) is 2.66. The fraction of sp³-hybridized carbons (Fsp3) is 0.500. The highest BCUT2D eigenvalue weighted by molar-refractivity contribution is 5.79. The SMILES string of the molecule is CNC(=O)C1CCCN(c2cccc(F)c2CN)C1. The quantitative estimate of drug-likeness (QED) is 0.864. The lowest BCUT2D eigenvalue weighted by Gasteiger charge is -2.34. The molecular formula is C14H20FN3O. The summed E-state index contributed by atoms with van der Waals surface area (Å²) in [7, 11) is 1.65. The number of rotatable bonds is 3. The Morgan fingerprint density at radius 1 is 1.58 bits per heavy atom. The standard InChI is InChI=1S/C14H20FN3O/c1-17-14(19)10-4-3-7-18(9-10)13-6-2-5-12(15)11(13)8-16/h2,5-6,10H,3-4,7-9,16H2,1H3,(H,17,19). The Bertz CT molecular complexity index is 464. The van der Waals surface area contributed by atoms with E-state index in [2.05, 4.69) is 10.2 Å². The number of amides is 1. The van der Waals surface area contributed by atoms with Gasteiger partial charge in [-0.2, -0.15) is 0 Å². The molecular weight excluding hydrogens is 245 g/mol. The first-order chi connectivity index (χ1) is 9.17. The van der Waals surface area contributed by atoms with Gasteiger partial charge >= 0.3 is 0 Å². The van der Waals surface area contributed by atoms with Gasteiger partial charge in [-0.1, -0.05) is 6.07 Å². The Morgan fingerprint density at radius 3 is 3.05 bits per heavy atom. The topological polar surface area (TPSA) is 58.4 Å². The number of nitrogens with zero attached hydrogens (tertiary/aromatic N) is 1. The number of halogens is 1. The van der Waals surface area contributed by atoms with Gasteiger partial charge in [0, 0.05) is 37.9 Å². The Hall–Kier alpha value is -1.62. The smallest absolute Gasteiger partial charge is 0.224 e. The van der Waals surface area contributed by atoms with Crippen LogP contribution in [0.3, 0.4) is 0 Å². The zero-order valence-electron chi connectivity index (χ0n) is 11.2. The van der Waals surface area contributed by atoms with E-state index in [9.17, 15) is 9.18 Å². The normalized spacial score (nSPS) is 19.3. The second kappa shape index (κ2) is 6.02. The van der Waals surface area contributed by atoms with Crippen molar-refractivity contribution in [2.75, 3.05) is 25.0 Å². The highest BCUT2D eigenvalue weighted by Gasteiger charge is 2.26. The summed E-state index contributed by atoms with van der Waals surface area (Å²) in [5.41, 5.74) is 6.98. The van der Waals surface area contributed by atoms with Gasteiger partial charge in [0.05, 0.1) is 5.92 Å².